The summed E-state index contributed by atoms with van der Waals surface area (Å²) in [5.41, 5.74) is 7.32. The van der Waals surface area contributed by atoms with Crippen molar-refractivity contribution in [3.63, 3.8) is 0 Å². The van der Waals surface area contributed by atoms with Crippen LogP contribution in [0.1, 0.15) is 28.3 Å². The van der Waals surface area contributed by atoms with Crippen molar-refractivity contribution >= 4 is 22.9 Å². The maximum absolute atomic E-state index is 12.1. The molecule has 2 aromatic rings. The minimum atomic E-state index is -0.218. The molecule has 0 aliphatic heterocycles. The fraction of sp³-hybridized carbons (Fsp3) is 0.286. The number of aromatic nitrogens is 1. The number of hydrogen-bond acceptors (Lipinski definition) is 4. The van der Waals surface area contributed by atoms with Gasteiger partial charge in [-0.1, -0.05) is 12.1 Å². The van der Waals surface area contributed by atoms with Crippen LogP contribution in [0.2, 0.25) is 0 Å². The lowest BCUT2D eigenvalue weighted by Crippen LogP contribution is -2.27. The Labute approximate surface area is 116 Å². The van der Waals surface area contributed by atoms with E-state index in [-0.39, 0.29) is 11.8 Å². The number of rotatable bonds is 4. The van der Waals surface area contributed by atoms with Gasteiger partial charge in [-0.05, 0) is 31.5 Å². The summed E-state index contributed by atoms with van der Waals surface area (Å²) >= 11 is 1.59. The lowest BCUT2D eigenvalue weighted by Gasteiger charge is -2.12. The first-order valence-electron chi connectivity index (χ1n) is 6.10. The van der Waals surface area contributed by atoms with Crippen LogP contribution in [0.4, 0.5) is 5.69 Å². The van der Waals surface area contributed by atoms with Crippen molar-refractivity contribution in [2.24, 2.45) is 0 Å². The molecule has 0 saturated carbocycles. The predicted octanol–water partition coefficient (Wildman–Crippen LogP) is 2.45. The van der Waals surface area contributed by atoms with Gasteiger partial charge in [0.05, 0.1) is 12.5 Å². The van der Waals surface area contributed by atoms with E-state index in [0.29, 0.717) is 12.2 Å². The molecule has 3 N–H and O–H groups in total. The van der Waals surface area contributed by atoms with Crippen molar-refractivity contribution in [3.8, 4) is 0 Å². The zero-order valence-electron chi connectivity index (χ0n) is 11.0. The molecular weight excluding hydrogens is 258 g/mol. The van der Waals surface area contributed by atoms with Gasteiger partial charge in [-0.15, -0.1) is 11.3 Å². The van der Waals surface area contributed by atoms with Gasteiger partial charge in [0.2, 0.25) is 5.91 Å². The quantitative estimate of drug-likeness (QED) is 0.842. The zero-order chi connectivity index (χ0) is 13.8. The van der Waals surface area contributed by atoms with E-state index in [1.165, 1.54) is 0 Å². The van der Waals surface area contributed by atoms with E-state index < -0.39 is 0 Å². The van der Waals surface area contributed by atoms with Crippen molar-refractivity contribution in [2.75, 3.05) is 5.73 Å². The molecule has 1 aromatic heterocycles. The molecule has 0 spiro atoms. The number of anilines is 1. The average Bonchev–Trinajstić information content (AvgIpc) is 2.81. The highest BCUT2D eigenvalue weighted by atomic mass is 32.1. The number of nitrogen functional groups attached to an aromatic ring is 1. The monoisotopic (exact) mass is 275 g/mol. The van der Waals surface area contributed by atoms with Crippen LogP contribution in [-0.2, 0) is 11.3 Å². The van der Waals surface area contributed by atoms with Crippen molar-refractivity contribution in [2.45, 2.75) is 26.3 Å². The largest absolute Gasteiger partial charge is 0.399 e. The van der Waals surface area contributed by atoms with E-state index in [1.54, 1.807) is 11.3 Å². The van der Waals surface area contributed by atoms with E-state index in [0.717, 1.165) is 15.4 Å². The molecule has 2 rings (SSSR count). The molecule has 0 fully saturated rings. The summed E-state index contributed by atoms with van der Waals surface area (Å²) in [6.45, 7) is 4.35. The highest BCUT2D eigenvalue weighted by Gasteiger charge is 2.15. The molecule has 5 heteroatoms. The Balaban J connectivity index is 1.96. The van der Waals surface area contributed by atoms with Gasteiger partial charge in [-0.25, -0.2) is 4.98 Å². The van der Waals surface area contributed by atoms with Crippen LogP contribution in [0.3, 0.4) is 0 Å². The number of amides is 1. The van der Waals surface area contributed by atoms with E-state index in [2.05, 4.69) is 10.3 Å². The maximum Gasteiger partial charge on any atom is 0.227 e. The molecule has 100 valence electrons. The molecule has 0 bridgehead atoms. The van der Waals surface area contributed by atoms with Crippen LogP contribution >= 0.6 is 11.3 Å². The summed E-state index contributed by atoms with van der Waals surface area (Å²) in [5, 5.41) is 3.82. The lowest BCUT2D eigenvalue weighted by atomic mass is 10.00. The number of hydrogen-bond donors (Lipinski definition) is 2. The minimum absolute atomic E-state index is 0.0153. The van der Waals surface area contributed by atoms with Crippen LogP contribution in [-0.4, -0.2) is 10.9 Å². The fourth-order valence-electron chi connectivity index (χ4n) is 1.78. The van der Waals surface area contributed by atoms with Gasteiger partial charge in [0, 0.05) is 16.8 Å². The van der Waals surface area contributed by atoms with Gasteiger partial charge < -0.3 is 11.1 Å². The zero-order valence-corrected chi connectivity index (χ0v) is 11.8. The number of aryl methyl sites for hydroxylation is 1. The predicted molar refractivity (Wildman–Crippen MR) is 78.0 cm³/mol. The smallest absolute Gasteiger partial charge is 0.227 e. The van der Waals surface area contributed by atoms with Crippen LogP contribution < -0.4 is 11.1 Å². The van der Waals surface area contributed by atoms with Gasteiger partial charge in [-0.2, -0.15) is 0 Å². The lowest BCUT2D eigenvalue weighted by molar-refractivity contribution is -0.122. The summed E-state index contributed by atoms with van der Waals surface area (Å²) in [7, 11) is 0. The van der Waals surface area contributed by atoms with Gasteiger partial charge in [0.25, 0.3) is 0 Å². The molecule has 1 atom stereocenters. The third kappa shape index (κ3) is 3.54. The number of carbonyl (C=O) groups is 1. The van der Waals surface area contributed by atoms with E-state index in [1.807, 2.05) is 44.3 Å². The van der Waals surface area contributed by atoms with Gasteiger partial charge in [0.15, 0.2) is 0 Å². The Hall–Kier alpha value is -1.88. The number of nitrogens with one attached hydrogen (secondary N) is 1. The second-order valence-corrected chi connectivity index (χ2v) is 5.79. The Morgan fingerprint density at radius 1 is 1.53 bits per heavy atom. The number of nitrogens with two attached hydrogens (primary N) is 1. The van der Waals surface area contributed by atoms with Crippen LogP contribution in [0.25, 0.3) is 0 Å². The first-order valence-corrected chi connectivity index (χ1v) is 6.92. The average molecular weight is 275 g/mol. The molecule has 1 aromatic carbocycles. The minimum Gasteiger partial charge on any atom is -0.399 e. The molecule has 1 heterocycles. The van der Waals surface area contributed by atoms with E-state index >= 15 is 0 Å². The van der Waals surface area contributed by atoms with E-state index in [9.17, 15) is 4.79 Å². The summed E-state index contributed by atoms with van der Waals surface area (Å²) in [5.74, 6) is -0.233. The topological polar surface area (TPSA) is 68.0 Å². The van der Waals surface area contributed by atoms with E-state index in [4.69, 9.17) is 5.73 Å². The SMILES string of the molecule is Cc1cnc(CNC(=O)C(C)c2cccc(N)c2)s1. The first-order chi connectivity index (χ1) is 9.06. The van der Waals surface area contributed by atoms with Crippen LogP contribution in [0, 0.1) is 6.92 Å². The second kappa shape index (κ2) is 5.84. The highest BCUT2D eigenvalue weighted by Crippen LogP contribution is 2.18. The van der Waals surface area contributed by atoms with Gasteiger partial charge >= 0.3 is 0 Å². The fourth-order valence-corrected chi connectivity index (χ4v) is 2.51. The number of thiazole rings is 1. The van der Waals surface area contributed by atoms with Gasteiger partial charge in [0.1, 0.15) is 5.01 Å². The summed E-state index contributed by atoms with van der Waals surface area (Å²) in [4.78, 5) is 17.4. The summed E-state index contributed by atoms with van der Waals surface area (Å²) in [6, 6.07) is 7.41. The molecule has 0 aliphatic carbocycles. The molecule has 0 aliphatic rings. The molecule has 4 nitrogen and oxygen atoms in total. The number of carbonyl (C=O) groups excluding carboxylic acids is 1. The Morgan fingerprint density at radius 3 is 2.95 bits per heavy atom. The van der Waals surface area contributed by atoms with Crippen molar-refractivity contribution in [1.82, 2.24) is 10.3 Å². The third-order valence-electron chi connectivity index (χ3n) is 2.89. The summed E-state index contributed by atoms with van der Waals surface area (Å²) in [6.07, 6.45) is 1.81. The highest BCUT2D eigenvalue weighted by molar-refractivity contribution is 7.11. The standard InChI is InChI=1S/C14H17N3OS/c1-9-7-16-13(19-9)8-17-14(18)10(2)11-4-3-5-12(15)6-11/h3-7,10H,8,15H2,1-2H3,(H,17,18). The van der Waals surface area contributed by atoms with Crippen molar-refractivity contribution < 1.29 is 4.79 Å². The second-order valence-electron chi connectivity index (χ2n) is 4.47. The van der Waals surface area contributed by atoms with Crippen LogP contribution in [0.5, 0.6) is 0 Å². The molecular formula is C14H17N3OS. The summed E-state index contributed by atoms with van der Waals surface area (Å²) < 4.78 is 0. The molecule has 19 heavy (non-hydrogen) atoms. The molecule has 1 amide bonds. The van der Waals surface area contributed by atoms with Gasteiger partial charge in [-0.3, -0.25) is 4.79 Å². The molecule has 1 unspecified atom stereocenters. The van der Waals surface area contributed by atoms with Crippen molar-refractivity contribution in [1.29, 1.82) is 0 Å². The number of benzene rings is 1. The third-order valence-corrected chi connectivity index (χ3v) is 3.80. The Morgan fingerprint density at radius 2 is 2.32 bits per heavy atom. The normalized spacial score (nSPS) is 12.1. The van der Waals surface area contributed by atoms with Crippen LogP contribution in [0.15, 0.2) is 30.5 Å². The van der Waals surface area contributed by atoms with Crippen molar-refractivity contribution in [3.05, 3.63) is 45.9 Å². The first kappa shape index (κ1) is 13.5. The maximum atomic E-state index is 12.1. The molecule has 0 radical (unpaired) electrons. The Bertz CT molecular complexity index is 580. The number of nitrogens with zero attached hydrogens (tertiary/aromatic N) is 1. The molecule has 0 saturated heterocycles. The Kier molecular flexibility index (Phi) is 4.16.